The number of benzene rings is 1. The highest BCUT2D eigenvalue weighted by Crippen LogP contribution is 2.29. The molecule has 1 aliphatic rings. The van der Waals surface area contributed by atoms with Crippen LogP contribution in [0.25, 0.3) is 0 Å². The Bertz CT molecular complexity index is 267. The van der Waals surface area contributed by atoms with Crippen LogP contribution in [0, 0.1) is 5.82 Å². The van der Waals surface area contributed by atoms with Crippen molar-refractivity contribution in [2.75, 3.05) is 12.3 Å². The standard InChI is InChI=1S/C10H12FNS/c11-9-4-2-8(3-5-9)10-12-6-1-7-13-10/h2-5,10,12H,1,6-7H2. The zero-order valence-corrected chi connectivity index (χ0v) is 8.11. The number of nitrogens with one attached hydrogen (secondary N) is 1. The Labute approximate surface area is 81.7 Å². The fourth-order valence-corrected chi connectivity index (χ4v) is 2.55. The van der Waals surface area contributed by atoms with Crippen LogP contribution in [-0.4, -0.2) is 12.3 Å². The molecule has 70 valence electrons. The molecular formula is C10H12FNS. The van der Waals surface area contributed by atoms with Gasteiger partial charge in [0.25, 0.3) is 0 Å². The Morgan fingerprint density at radius 1 is 1.31 bits per heavy atom. The molecule has 0 saturated carbocycles. The molecule has 1 N–H and O–H groups in total. The van der Waals surface area contributed by atoms with Crippen LogP contribution in [-0.2, 0) is 0 Å². The molecule has 0 aromatic heterocycles. The second-order valence-electron chi connectivity index (χ2n) is 3.11. The first-order valence-corrected chi connectivity index (χ1v) is 5.51. The molecule has 1 aromatic rings. The van der Waals surface area contributed by atoms with Gasteiger partial charge in [-0.2, -0.15) is 0 Å². The molecule has 0 bridgehead atoms. The van der Waals surface area contributed by atoms with Gasteiger partial charge in [0.05, 0.1) is 5.37 Å². The Kier molecular flexibility index (Phi) is 2.86. The summed E-state index contributed by atoms with van der Waals surface area (Å²) in [6, 6.07) is 6.75. The Hall–Kier alpha value is -0.540. The van der Waals surface area contributed by atoms with Crippen LogP contribution in [0.5, 0.6) is 0 Å². The average molecular weight is 197 g/mol. The molecule has 1 aliphatic heterocycles. The highest BCUT2D eigenvalue weighted by molar-refractivity contribution is 7.99. The van der Waals surface area contributed by atoms with Crippen molar-refractivity contribution in [3.05, 3.63) is 35.6 Å². The van der Waals surface area contributed by atoms with Gasteiger partial charge in [-0.3, -0.25) is 0 Å². The quantitative estimate of drug-likeness (QED) is 0.742. The molecule has 0 spiro atoms. The van der Waals surface area contributed by atoms with Crippen molar-refractivity contribution < 1.29 is 4.39 Å². The summed E-state index contributed by atoms with van der Waals surface area (Å²) in [5, 5.41) is 3.75. The molecule has 1 atom stereocenters. The normalized spacial score (nSPS) is 23.0. The number of halogens is 1. The average Bonchev–Trinajstić information content (AvgIpc) is 2.20. The van der Waals surface area contributed by atoms with Gasteiger partial charge in [-0.1, -0.05) is 12.1 Å². The van der Waals surface area contributed by atoms with Crippen molar-refractivity contribution in [3.63, 3.8) is 0 Å². The van der Waals surface area contributed by atoms with E-state index in [2.05, 4.69) is 5.32 Å². The van der Waals surface area contributed by atoms with Gasteiger partial charge < -0.3 is 5.32 Å². The predicted octanol–water partition coefficient (Wildman–Crippen LogP) is 2.55. The molecule has 1 aromatic carbocycles. The van der Waals surface area contributed by atoms with E-state index >= 15 is 0 Å². The van der Waals surface area contributed by atoms with Gasteiger partial charge in [-0.05, 0) is 36.4 Å². The minimum Gasteiger partial charge on any atom is -0.302 e. The van der Waals surface area contributed by atoms with E-state index in [-0.39, 0.29) is 5.82 Å². The summed E-state index contributed by atoms with van der Waals surface area (Å²) in [6.45, 7) is 1.06. The third-order valence-electron chi connectivity index (χ3n) is 2.11. The van der Waals surface area contributed by atoms with Crippen molar-refractivity contribution in [3.8, 4) is 0 Å². The summed E-state index contributed by atoms with van der Waals surface area (Å²) in [5.41, 5.74) is 1.17. The number of rotatable bonds is 1. The Morgan fingerprint density at radius 3 is 2.69 bits per heavy atom. The van der Waals surface area contributed by atoms with E-state index in [1.807, 2.05) is 23.9 Å². The van der Waals surface area contributed by atoms with E-state index < -0.39 is 0 Å². The lowest BCUT2D eigenvalue weighted by molar-refractivity contribution is 0.620. The number of thioether (sulfide) groups is 1. The highest BCUT2D eigenvalue weighted by Gasteiger charge is 2.14. The van der Waals surface area contributed by atoms with E-state index in [0.717, 1.165) is 6.54 Å². The zero-order valence-electron chi connectivity index (χ0n) is 7.29. The molecule has 1 unspecified atom stereocenters. The van der Waals surface area contributed by atoms with Gasteiger partial charge in [0.2, 0.25) is 0 Å². The van der Waals surface area contributed by atoms with Gasteiger partial charge in [0.15, 0.2) is 0 Å². The first kappa shape index (κ1) is 9.03. The molecule has 3 heteroatoms. The van der Waals surface area contributed by atoms with E-state index in [9.17, 15) is 4.39 Å². The molecule has 1 heterocycles. The van der Waals surface area contributed by atoms with Crippen LogP contribution in [0.15, 0.2) is 24.3 Å². The lowest BCUT2D eigenvalue weighted by Crippen LogP contribution is -2.25. The molecule has 0 amide bonds. The van der Waals surface area contributed by atoms with Crippen molar-refractivity contribution >= 4 is 11.8 Å². The van der Waals surface area contributed by atoms with E-state index in [4.69, 9.17) is 0 Å². The van der Waals surface area contributed by atoms with Crippen molar-refractivity contribution in [2.24, 2.45) is 0 Å². The molecule has 1 nitrogen and oxygen atoms in total. The second-order valence-corrected chi connectivity index (χ2v) is 4.32. The minimum absolute atomic E-state index is 0.162. The van der Waals surface area contributed by atoms with Gasteiger partial charge in [0.1, 0.15) is 5.82 Å². The maximum Gasteiger partial charge on any atom is 0.123 e. The molecule has 1 saturated heterocycles. The molecule has 1 fully saturated rings. The van der Waals surface area contributed by atoms with Gasteiger partial charge in [0, 0.05) is 0 Å². The van der Waals surface area contributed by atoms with Crippen LogP contribution in [0.4, 0.5) is 4.39 Å². The maximum atomic E-state index is 12.6. The van der Waals surface area contributed by atoms with Gasteiger partial charge in [-0.15, -0.1) is 11.8 Å². The van der Waals surface area contributed by atoms with E-state index in [0.29, 0.717) is 5.37 Å². The molecule has 0 radical (unpaired) electrons. The van der Waals surface area contributed by atoms with Crippen molar-refractivity contribution in [1.82, 2.24) is 5.32 Å². The van der Waals surface area contributed by atoms with E-state index in [1.165, 1.54) is 29.9 Å². The predicted molar refractivity (Wildman–Crippen MR) is 54.2 cm³/mol. The first-order valence-electron chi connectivity index (χ1n) is 4.47. The SMILES string of the molecule is Fc1ccc(C2NCCCS2)cc1. The molecule has 2 rings (SSSR count). The van der Waals surface area contributed by atoms with Gasteiger partial charge >= 0.3 is 0 Å². The van der Waals surface area contributed by atoms with Crippen LogP contribution >= 0.6 is 11.8 Å². The lowest BCUT2D eigenvalue weighted by atomic mass is 10.2. The molecule has 0 aliphatic carbocycles. The molecular weight excluding hydrogens is 185 g/mol. The monoisotopic (exact) mass is 197 g/mol. The minimum atomic E-state index is -0.162. The van der Waals surface area contributed by atoms with Crippen molar-refractivity contribution in [2.45, 2.75) is 11.8 Å². The summed E-state index contributed by atoms with van der Waals surface area (Å²) < 4.78 is 12.6. The largest absolute Gasteiger partial charge is 0.302 e. The van der Waals surface area contributed by atoms with Crippen LogP contribution < -0.4 is 5.32 Å². The Morgan fingerprint density at radius 2 is 2.08 bits per heavy atom. The van der Waals surface area contributed by atoms with E-state index in [1.54, 1.807) is 0 Å². The van der Waals surface area contributed by atoms with Crippen LogP contribution in [0.1, 0.15) is 17.4 Å². The fraction of sp³-hybridized carbons (Fsp3) is 0.400. The third-order valence-corrected chi connectivity index (χ3v) is 3.40. The van der Waals surface area contributed by atoms with Crippen LogP contribution in [0.2, 0.25) is 0 Å². The number of hydrogen-bond acceptors (Lipinski definition) is 2. The summed E-state index contributed by atoms with van der Waals surface area (Å²) in [7, 11) is 0. The zero-order chi connectivity index (χ0) is 9.10. The lowest BCUT2D eigenvalue weighted by Gasteiger charge is -2.23. The fourth-order valence-electron chi connectivity index (χ4n) is 1.42. The summed E-state index contributed by atoms with van der Waals surface area (Å²) in [5.74, 6) is 1.03. The summed E-state index contributed by atoms with van der Waals surface area (Å²) >= 11 is 1.89. The van der Waals surface area contributed by atoms with Crippen LogP contribution in [0.3, 0.4) is 0 Å². The third kappa shape index (κ3) is 2.23. The second kappa shape index (κ2) is 4.11. The first-order chi connectivity index (χ1) is 6.36. The van der Waals surface area contributed by atoms with Gasteiger partial charge in [-0.25, -0.2) is 4.39 Å². The summed E-state index contributed by atoms with van der Waals surface area (Å²) in [4.78, 5) is 0. The highest BCUT2D eigenvalue weighted by atomic mass is 32.2. The maximum absolute atomic E-state index is 12.6. The van der Waals surface area contributed by atoms with Crippen molar-refractivity contribution in [1.29, 1.82) is 0 Å². The Balaban J connectivity index is 2.10. The number of hydrogen-bond donors (Lipinski definition) is 1. The summed E-state index contributed by atoms with van der Waals surface area (Å²) in [6.07, 6.45) is 1.22. The smallest absolute Gasteiger partial charge is 0.123 e. The molecule has 13 heavy (non-hydrogen) atoms. The topological polar surface area (TPSA) is 12.0 Å².